The van der Waals surface area contributed by atoms with Crippen LogP contribution in [0.15, 0.2) is 60.8 Å². The van der Waals surface area contributed by atoms with Crippen LogP contribution in [0, 0.1) is 5.92 Å². The van der Waals surface area contributed by atoms with Gasteiger partial charge in [-0.3, -0.25) is 9.78 Å². The van der Waals surface area contributed by atoms with Crippen LogP contribution >= 0.6 is 0 Å². The predicted molar refractivity (Wildman–Crippen MR) is 199 cm³/mol. The molecule has 0 aliphatic heterocycles. The summed E-state index contributed by atoms with van der Waals surface area (Å²) in [6, 6.07) is 5.77. The molecule has 1 saturated carbocycles. The molecule has 0 unspecified atom stereocenters. The Kier molecular flexibility index (Phi) is 9.77. The van der Waals surface area contributed by atoms with E-state index < -0.39 is 34.3 Å². The van der Waals surface area contributed by atoms with Gasteiger partial charge < -0.3 is 19.1 Å². The fourth-order valence-corrected chi connectivity index (χ4v) is 7.26. The molecule has 5 rings (SSSR count). The van der Waals surface area contributed by atoms with Crippen LogP contribution in [0.3, 0.4) is 0 Å². The number of hydrogen-bond acceptors (Lipinski definition) is 8. The number of ether oxygens (including phenoxy) is 3. The first-order valence-corrected chi connectivity index (χ1v) is 24.3. The quantitative estimate of drug-likeness (QED) is 0.0532. The van der Waals surface area contributed by atoms with Gasteiger partial charge in [-0.05, 0) is 43.8 Å². The SMILES string of the molecule is [2H]c1c([2H])c([2H])c(-c2ccc(-c3cnn4c(N(COCC[Si](C)(C)C)COCC[Si](C)(C)C)cc(C5CCC(C(=O)OC)CC5)nc34)cn2)c([2H])c1[2H]. The van der Waals surface area contributed by atoms with Crippen molar-refractivity contribution in [2.45, 2.75) is 83.0 Å². The Morgan fingerprint density at radius 2 is 1.56 bits per heavy atom. The number of benzene rings is 1. The van der Waals surface area contributed by atoms with E-state index in [0.717, 1.165) is 54.8 Å². The number of nitrogens with zero attached hydrogens (tertiary/aromatic N) is 5. The van der Waals surface area contributed by atoms with E-state index in [1.165, 1.54) is 7.11 Å². The number of methoxy groups -OCH3 is 1. The maximum absolute atomic E-state index is 12.3. The second kappa shape index (κ2) is 15.9. The molecule has 1 aliphatic carbocycles. The monoisotopic (exact) mass is 692 g/mol. The van der Waals surface area contributed by atoms with Gasteiger partial charge >= 0.3 is 5.97 Å². The lowest BCUT2D eigenvalue weighted by Crippen LogP contribution is -2.33. The van der Waals surface area contributed by atoms with Crippen molar-refractivity contribution in [2.75, 3.05) is 38.7 Å². The fraction of sp³-hybridized carbons (Fsp3) is 0.514. The van der Waals surface area contributed by atoms with E-state index in [4.69, 9.17) is 31.1 Å². The number of carbonyl (C=O) groups excluding carboxylic acids is 1. The van der Waals surface area contributed by atoms with Crippen LogP contribution in [-0.2, 0) is 19.0 Å². The molecule has 0 radical (unpaired) electrons. The van der Waals surface area contributed by atoms with Gasteiger partial charge in [-0.1, -0.05) is 75.6 Å². The Balaban J connectivity index is 1.55. The molecule has 0 atom stereocenters. The van der Waals surface area contributed by atoms with Gasteiger partial charge in [0.1, 0.15) is 19.3 Å². The number of rotatable bonds is 15. The predicted octanol–water partition coefficient (Wildman–Crippen LogP) is 8.34. The Labute approximate surface area is 295 Å². The van der Waals surface area contributed by atoms with E-state index in [0.29, 0.717) is 37.9 Å². The van der Waals surface area contributed by atoms with Crippen LogP contribution in [-0.4, -0.2) is 75.5 Å². The Morgan fingerprint density at radius 3 is 2.12 bits per heavy atom. The minimum Gasteiger partial charge on any atom is -0.469 e. The molecule has 0 bridgehead atoms. The first kappa shape index (κ1) is 29.5. The lowest BCUT2D eigenvalue weighted by Gasteiger charge is -2.29. The van der Waals surface area contributed by atoms with Crippen LogP contribution in [0.1, 0.15) is 44.1 Å². The summed E-state index contributed by atoms with van der Waals surface area (Å²) in [5.74, 6) is 0.626. The molecule has 0 saturated heterocycles. The maximum atomic E-state index is 12.3. The van der Waals surface area contributed by atoms with Crippen LogP contribution in [0.4, 0.5) is 5.82 Å². The van der Waals surface area contributed by atoms with Crippen molar-refractivity contribution in [3.8, 4) is 22.4 Å². The van der Waals surface area contributed by atoms with E-state index in [2.05, 4.69) is 55.2 Å². The summed E-state index contributed by atoms with van der Waals surface area (Å²) in [6.07, 6.45) is 6.40. The molecule has 11 heteroatoms. The van der Waals surface area contributed by atoms with Gasteiger partial charge in [-0.2, -0.15) is 9.61 Å². The minimum absolute atomic E-state index is 0.0477. The van der Waals surface area contributed by atoms with Crippen molar-refractivity contribution < 1.29 is 25.9 Å². The number of carbonyl (C=O) groups is 1. The summed E-state index contributed by atoms with van der Waals surface area (Å²) in [7, 11) is -1.18. The molecule has 1 fully saturated rings. The average Bonchev–Trinajstić information content (AvgIpc) is 3.55. The van der Waals surface area contributed by atoms with Gasteiger partial charge in [0.05, 0.1) is 31.8 Å². The maximum Gasteiger partial charge on any atom is 0.308 e. The van der Waals surface area contributed by atoms with Gasteiger partial charge in [-0.15, -0.1) is 0 Å². The number of hydrogen-bond donors (Lipinski definition) is 0. The third-order valence-corrected chi connectivity index (χ3v) is 12.2. The van der Waals surface area contributed by atoms with Gasteiger partial charge in [0, 0.05) is 69.9 Å². The highest BCUT2D eigenvalue weighted by Gasteiger charge is 2.30. The zero-order valence-corrected chi connectivity index (χ0v) is 31.5. The normalized spacial score (nSPS) is 18.5. The molecule has 4 aromatic rings. The van der Waals surface area contributed by atoms with Crippen molar-refractivity contribution in [3.63, 3.8) is 0 Å². The van der Waals surface area contributed by atoms with Crippen molar-refractivity contribution in [1.29, 1.82) is 0 Å². The topological polar surface area (TPSA) is 91.1 Å². The van der Waals surface area contributed by atoms with Gasteiger partial charge in [-0.25, -0.2) is 4.98 Å². The molecule has 0 N–H and O–H groups in total. The first-order valence-electron chi connectivity index (χ1n) is 19.4. The number of esters is 1. The first-order chi connectivity index (χ1) is 25.0. The highest BCUT2D eigenvalue weighted by Crippen LogP contribution is 2.38. The highest BCUT2D eigenvalue weighted by atomic mass is 28.3. The van der Waals surface area contributed by atoms with E-state index in [1.54, 1.807) is 18.5 Å². The van der Waals surface area contributed by atoms with Gasteiger partial charge in [0.25, 0.3) is 0 Å². The van der Waals surface area contributed by atoms with Crippen LogP contribution < -0.4 is 4.90 Å². The summed E-state index contributed by atoms with van der Waals surface area (Å²) in [5, 5.41) is 4.82. The second-order valence-corrected chi connectivity index (χ2v) is 26.3. The van der Waals surface area contributed by atoms with Crippen LogP contribution in [0.5, 0.6) is 0 Å². The minimum atomic E-state index is -1.31. The molecular formula is C37H53N5O4Si2. The third-order valence-electron chi connectivity index (χ3n) is 8.79. The summed E-state index contributed by atoms with van der Waals surface area (Å²) in [4.78, 5) is 24.2. The molecule has 258 valence electrons. The number of anilines is 1. The lowest BCUT2D eigenvalue weighted by molar-refractivity contribution is -0.146. The molecule has 0 amide bonds. The summed E-state index contributed by atoms with van der Waals surface area (Å²) in [6.45, 7) is 15.9. The van der Waals surface area contributed by atoms with E-state index in [-0.39, 0.29) is 41.1 Å². The number of pyridine rings is 1. The van der Waals surface area contributed by atoms with Crippen molar-refractivity contribution in [1.82, 2.24) is 19.6 Å². The standard InChI is InChI=1S/C37H53N5O4Si2/c1-44-37(43)30-15-13-29(14-16-30)34-23-35(41(26-45-19-21-47(2,3)4)27-46-20-22-48(5,6)7)42-36(40-34)32(25-39-42)31-17-18-33(38-24-31)28-11-9-8-10-12-28/h8-12,17-18,23-25,29-30H,13-16,19-22,26-27H2,1-7H3/i8D,9D,10D,11D,12D. The molecule has 1 aromatic carbocycles. The van der Waals surface area contributed by atoms with Crippen molar-refractivity contribution in [2.24, 2.45) is 5.92 Å². The summed E-state index contributed by atoms with van der Waals surface area (Å²) in [5.41, 5.74) is 3.29. The van der Waals surface area contributed by atoms with E-state index in [9.17, 15) is 4.79 Å². The Morgan fingerprint density at radius 1 is 0.917 bits per heavy atom. The Bertz CT molecular complexity index is 1860. The van der Waals surface area contributed by atoms with Gasteiger partial charge in [0.15, 0.2) is 5.65 Å². The van der Waals surface area contributed by atoms with E-state index in [1.807, 2.05) is 10.6 Å². The zero-order chi connectivity index (χ0) is 38.7. The average molecular weight is 693 g/mol. The second-order valence-electron chi connectivity index (χ2n) is 15.1. The molecule has 9 nitrogen and oxygen atoms in total. The van der Waals surface area contributed by atoms with Gasteiger partial charge in [0.2, 0.25) is 0 Å². The lowest BCUT2D eigenvalue weighted by atomic mass is 9.80. The smallest absolute Gasteiger partial charge is 0.308 e. The highest BCUT2D eigenvalue weighted by molar-refractivity contribution is 6.76. The summed E-state index contributed by atoms with van der Waals surface area (Å²) < 4.78 is 60.4. The molecule has 1 aliphatic rings. The number of aromatic nitrogens is 4. The zero-order valence-electron chi connectivity index (χ0n) is 34.5. The third kappa shape index (κ3) is 9.61. The molecule has 3 aromatic heterocycles. The van der Waals surface area contributed by atoms with Crippen LogP contribution in [0.25, 0.3) is 28.0 Å². The van der Waals surface area contributed by atoms with E-state index >= 15 is 0 Å². The molecule has 48 heavy (non-hydrogen) atoms. The van der Waals surface area contributed by atoms with Crippen molar-refractivity contribution >= 4 is 33.6 Å². The fourth-order valence-electron chi connectivity index (χ4n) is 5.75. The Hall–Kier alpha value is -3.39. The van der Waals surface area contributed by atoms with Crippen molar-refractivity contribution in [3.05, 3.63) is 66.5 Å². The molecule has 3 heterocycles. The largest absolute Gasteiger partial charge is 0.469 e. The van der Waals surface area contributed by atoms with Crippen LogP contribution in [0.2, 0.25) is 51.4 Å². The summed E-state index contributed by atoms with van der Waals surface area (Å²) >= 11 is 0. The molecular weight excluding hydrogens is 635 g/mol. The number of fused-ring (bicyclic) bond motifs is 1. The molecule has 0 spiro atoms.